The van der Waals surface area contributed by atoms with Crippen LogP contribution in [0.1, 0.15) is 6.42 Å². The highest BCUT2D eigenvalue weighted by molar-refractivity contribution is 7.89. The van der Waals surface area contributed by atoms with E-state index in [2.05, 4.69) is 6.58 Å². The summed E-state index contributed by atoms with van der Waals surface area (Å²) >= 11 is 11.5. The van der Waals surface area contributed by atoms with Gasteiger partial charge in [0.05, 0.1) is 10.0 Å². The Morgan fingerprint density at radius 3 is 2.63 bits per heavy atom. The van der Waals surface area contributed by atoms with Gasteiger partial charge in [-0.2, -0.15) is 4.72 Å². The first-order valence-corrected chi connectivity index (χ1v) is 7.33. The van der Waals surface area contributed by atoms with Crippen LogP contribution in [0.3, 0.4) is 0 Å². The highest BCUT2D eigenvalue weighted by atomic mass is 35.5. The lowest BCUT2D eigenvalue weighted by Gasteiger charge is -2.14. The summed E-state index contributed by atoms with van der Waals surface area (Å²) in [4.78, 5) is 10.6. The number of aliphatic carboxylic acids is 1. The van der Waals surface area contributed by atoms with Gasteiger partial charge < -0.3 is 5.11 Å². The lowest BCUT2D eigenvalue weighted by atomic mass is 10.2. The lowest BCUT2D eigenvalue weighted by molar-refractivity contribution is -0.138. The average molecular weight is 324 g/mol. The van der Waals surface area contributed by atoms with Gasteiger partial charge in [0, 0.05) is 0 Å². The van der Waals surface area contributed by atoms with Crippen molar-refractivity contribution in [3.05, 3.63) is 40.9 Å². The molecule has 0 aliphatic carbocycles. The lowest BCUT2D eigenvalue weighted by Crippen LogP contribution is -2.40. The summed E-state index contributed by atoms with van der Waals surface area (Å²) in [6.07, 6.45) is 1.26. The molecule has 0 aliphatic heterocycles. The number of halogens is 2. The van der Waals surface area contributed by atoms with Gasteiger partial charge in [-0.05, 0) is 18.6 Å². The number of sulfonamides is 1. The van der Waals surface area contributed by atoms with E-state index < -0.39 is 22.0 Å². The molecule has 19 heavy (non-hydrogen) atoms. The zero-order valence-corrected chi connectivity index (χ0v) is 12.0. The maximum absolute atomic E-state index is 12.0. The van der Waals surface area contributed by atoms with Crippen molar-refractivity contribution < 1.29 is 18.3 Å². The van der Waals surface area contributed by atoms with Crippen LogP contribution in [0.15, 0.2) is 35.7 Å². The number of carboxylic acids is 1. The second-order valence-electron chi connectivity index (χ2n) is 3.59. The third-order valence-electron chi connectivity index (χ3n) is 2.20. The number of hydrogen-bond donors (Lipinski definition) is 2. The van der Waals surface area contributed by atoms with Crippen molar-refractivity contribution >= 4 is 39.2 Å². The number of hydrogen-bond acceptors (Lipinski definition) is 3. The molecule has 0 bridgehead atoms. The molecule has 1 unspecified atom stereocenters. The molecule has 0 aliphatic rings. The van der Waals surface area contributed by atoms with E-state index in [1.54, 1.807) is 0 Å². The fraction of sp³-hybridized carbons (Fsp3) is 0.182. The Bertz CT molecular complexity index is 601. The maximum atomic E-state index is 12.0. The van der Waals surface area contributed by atoms with E-state index in [0.29, 0.717) is 0 Å². The van der Waals surface area contributed by atoms with E-state index in [4.69, 9.17) is 28.3 Å². The van der Waals surface area contributed by atoms with Gasteiger partial charge in [-0.25, -0.2) is 8.42 Å². The first-order valence-electron chi connectivity index (χ1n) is 5.09. The molecular weight excluding hydrogens is 313 g/mol. The monoisotopic (exact) mass is 323 g/mol. The Morgan fingerprint density at radius 1 is 1.47 bits per heavy atom. The fourth-order valence-electron chi connectivity index (χ4n) is 1.31. The molecule has 0 amide bonds. The van der Waals surface area contributed by atoms with Gasteiger partial charge in [0.2, 0.25) is 10.0 Å². The molecule has 8 heteroatoms. The topological polar surface area (TPSA) is 83.5 Å². The minimum atomic E-state index is -4.07. The predicted octanol–water partition coefficient (Wildman–Crippen LogP) is 2.30. The van der Waals surface area contributed by atoms with Crippen LogP contribution in [-0.4, -0.2) is 25.5 Å². The van der Waals surface area contributed by atoms with E-state index in [1.807, 2.05) is 4.72 Å². The minimum absolute atomic E-state index is 0.0489. The van der Waals surface area contributed by atoms with Gasteiger partial charge in [0.1, 0.15) is 10.9 Å². The summed E-state index contributed by atoms with van der Waals surface area (Å²) in [6.45, 7) is 3.37. The number of rotatable bonds is 6. The smallest absolute Gasteiger partial charge is 0.322 e. The predicted molar refractivity (Wildman–Crippen MR) is 73.0 cm³/mol. The van der Waals surface area contributed by atoms with Crippen molar-refractivity contribution in [1.29, 1.82) is 0 Å². The second kappa shape index (κ2) is 6.38. The third kappa shape index (κ3) is 3.94. The number of benzene rings is 1. The van der Waals surface area contributed by atoms with Crippen molar-refractivity contribution in [1.82, 2.24) is 4.72 Å². The van der Waals surface area contributed by atoms with Gasteiger partial charge in [-0.3, -0.25) is 4.79 Å². The maximum Gasteiger partial charge on any atom is 0.322 e. The summed E-state index contributed by atoms with van der Waals surface area (Å²) in [5.74, 6) is -1.30. The van der Waals surface area contributed by atoms with Gasteiger partial charge in [-0.1, -0.05) is 35.3 Å². The normalized spacial score (nSPS) is 12.9. The standard InChI is InChI=1S/C11H11Cl2NO4S/c1-2-4-8(11(15)16)14-19(17,18)9-6-3-5-7(12)10(9)13/h2-3,5-6,8,14H,1,4H2,(H,15,16). The molecular formula is C11H11Cl2NO4S. The Balaban J connectivity index is 3.14. The summed E-state index contributed by atoms with van der Waals surface area (Å²) in [7, 11) is -4.07. The zero-order chi connectivity index (χ0) is 14.6. The van der Waals surface area contributed by atoms with E-state index >= 15 is 0 Å². The van der Waals surface area contributed by atoms with Crippen molar-refractivity contribution in [2.75, 3.05) is 0 Å². The molecule has 0 radical (unpaired) electrons. The summed E-state index contributed by atoms with van der Waals surface area (Å²) in [5, 5.41) is 8.82. The number of carbonyl (C=O) groups is 1. The van der Waals surface area contributed by atoms with Crippen molar-refractivity contribution in [2.24, 2.45) is 0 Å². The van der Waals surface area contributed by atoms with Gasteiger partial charge >= 0.3 is 5.97 Å². The average Bonchev–Trinajstić information content (AvgIpc) is 2.31. The Kier molecular flexibility index (Phi) is 5.37. The molecule has 104 valence electrons. The van der Waals surface area contributed by atoms with Crippen molar-refractivity contribution in [2.45, 2.75) is 17.4 Å². The molecule has 1 rings (SSSR count). The highest BCUT2D eigenvalue weighted by Crippen LogP contribution is 2.28. The van der Waals surface area contributed by atoms with Gasteiger partial charge in [0.25, 0.3) is 0 Å². The van der Waals surface area contributed by atoms with Crippen LogP contribution >= 0.6 is 23.2 Å². The van der Waals surface area contributed by atoms with Crippen LogP contribution in [0.2, 0.25) is 10.0 Å². The van der Waals surface area contributed by atoms with Crippen LogP contribution < -0.4 is 4.72 Å². The molecule has 2 N–H and O–H groups in total. The van der Waals surface area contributed by atoms with Crippen LogP contribution in [-0.2, 0) is 14.8 Å². The Morgan fingerprint density at radius 2 is 2.11 bits per heavy atom. The van der Waals surface area contributed by atoms with Crippen LogP contribution in [0, 0.1) is 0 Å². The molecule has 1 aromatic rings. The number of nitrogens with one attached hydrogen (secondary N) is 1. The second-order valence-corrected chi connectivity index (χ2v) is 6.06. The molecule has 0 saturated heterocycles. The molecule has 5 nitrogen and oxygen atoms in total. The molecule has 0 spiro atoms. The van der Waals surface area contributed by atoms with Crippen LogP contribution in [0.4, 0.5) is 0 Å². The molecule has 0 aromatic heterocycles. The summed E-state index contributed by atoms with van der Waals surface area (Å²) in [6, 6.07) is 2.77. The summed E-state index contributed by atoms with van der Waals surface area (Å²) < 4.78 is 26.1. The van der Waals surface area contributed by atoms with Crippen molar-refractivity contribution in [3.63, 3.8) is 0 Å². The third-order valence-corrected chi connectivity index (χ3v) is 4.65. The Labute approximate surface area is 120 Å². The quantitative estimate of drug-likeness (QED) is 0.787. The largest absolute Gasteiger partial charge is 0.480 e. The van der Waals surface area contributed by atoms with E-state index in [0.717, 1.165) is 0 Å². The zero-order valence-electron chi connectivity index (χ0n) is 9.64. The van der Waals surface area contributed by atoms with Gasteiger partial charge in [-0.15, -0.1) is 6.58 Å². The fourth-order valence-corrected chi connectivity index (χ4v) is 3.27. The van der Waals surface area contributed by atoms with Crippen LogP contribution in [0.5, 0.6) is 0 Å². The number of carboxylic acid groups (broad SMARTS) is 1. The highest BCUT2D eigenvalue weighted by Gasteiger charge is 2.26. The Hall–Kier alpha value is -1.08. The molecule has 1 aromatic carbocycles. The molecule has 1 atom stereocenters. The molecule has 0 fully saturated rings. The van der Waals surface area contributed by atoms with Crippen molar-refractivity contribution in [3.8, 4) is 0 Å². The SMILES string of the molecule is C=CCC(NS(=O)(=O)c1cccc(Cl)c1Cl)C(=O)O. The van der Waals surface area contributed by atoms with E-state index in [1.165, 1.54) is 24.3 Å². The van der Waals surface area contributed by atoms with E-state index in [9.17, 15) is 13.2 Å². The van der Waals surface area contributed by atoms with Gasteiger partial charge in [0.15, 0.2) is 0 Å². The summed E-state index contributed by atoms with van der Waals surface area (Å²) in [5.41, 5.74) is 0. The molecule has 0 saturated carbocycles. The first kappa shape index (κ1) is 16.0. The van der Waals surface area contributed by atoms with Crippen LogP contribution in [0.25, 0.3) is 0 Å². The molecule has 0 heterocycles. The first-order chi connectivity index (χ1) is 8.79. The minimum Gasteiger partial charge on any atom is -0.480 e. The van der Waals surface area contributed by atoms with E-state index in [-0.39, 0.29) is 21.4 Å².